The first-order chi connectivity index (χ1) is 29.2. The molecule has 61 heavy (non-hydrogen) atoms. The van der Waals surface area contributed by atoms with Gasteiger partial charge < -0.3 is 29.5 Å². The number of carbonyl (C=O) groups is 4. The minimum absolute atomic E-state index is 0.234. The molecule has 0 saturated carbocycles. The van der Waals surface area contributed by atoms with Crippen molar-refractivity contribution in [3.63, 3.8) is 0 Å². The number of fused-ring (bicyclic) bond motifs is 2. The van der Waals surface area contributed by atoms with Crippen molar-refractivity contribution in [1.29, 1.82) is 0 Å². The Labute approximate surface area is 367 Å². The first kappa shape index (κ1) is 44.5. The minimum Gasteiger partial charge on any atom is -0.461 e. The Morgan fingerprint density at radius 1 is 0.770 bits per heavy atom. The lowest BCUT2D eigenvalue weighted by atomic mass is 10.0. The highest BCUT2D eigenvalue weighted by atomic mass is 79.9. The van der Waals surface area contributed by atoms with E-state index in [0.29, 0.717) is 64.8 Å². The predicted octanol–water partition coefficient (Wildman–Crippen LogP) is 5.99. The summed E-state index contributed by atoms with van der Waals surface area (Å²) in [6.45, 7) is 5.11. The van der Waals surface area contributed by atoms with Crippen LogP contribution in [0.3, 0.4) is 0 Å². The van der Waals surface area contributed by atoms with Gasteiger partial charge in [0.2, 0.25) is 11.2 Å². The van der Waals surface area contributed by atoms with E-state index in [1.807, 2.05) is 53.2 Å². The molecule has 2 fully saturated rings. The van der Waals surface area contributed by atoms with Crippen LogP contribution < -0.4 is 0 Å². The average molecular weight is 924 g/mol. The summed E-state index contributed by atoms with van der Waals surface area (Å²) in [6, 6.07) is 18.5. The molecule has 0 radical (unpaired) electrons. The van der Waals surface area contributed by atoms with Gasteiger partial charge in [-0.25, -0.2) is 29.5 Å². The number of halogens is 1. The van der Waals surface area contributed by atoms with Crippen molar-refractivity contribution in [1.82, 2.24) is 29.7 Å². The largest absolute Gasteiger partial charge is 0.461 e. The number of thiophene rings is 2. The van der Waals surface area contributed by atoms with Crippen molar-refractivity contribution in [3.8, 4) is 47.0 Å². The van der Waals surface area contributed by atoms with E-state index in [2.05, 4.69) is 53.6 Å². The monoisotopic (exact) mass is 922 g/mol. The van der Waals surface area contributed by atoms with Gasteiger partial charge in [0.15, 0.2) is 23.0 Å². The molecular weight excluding hydrogens is 885 g/mol. The van der Waals surface area contributed by atoms with Gasteiger partial charge in [0.25, 0.3) is 11.8 Å². The highest BCUT2D eigenvalue weighted by molar-refractivity contribution is 9.10. The fourth-order valence-corrected chi connectivity index (χ4v) is 8.17. The summed E-state index contributed by atoms with van der Waals surface area (Å²) in [4.78, 5) is 68.4. The molecule has 6 aromatic rings. The van der Waals surface area contributed by atoms with E-state index in [1.165, 1.54) is 32.5 Å². The maximum atomic E-state index is 12.4. The number of hydrogen-bond donors (Lipinski definition) is 2. The van der Waals surface area contributed by atoms with Crippen LogP contribution >= 0.6 is 38.6 Å². The zero-order chi connectivity index (χ0) is 43.9. The predicted molar refractivity (Wildman–Crippen MR) is 235 cm³/mol. The molecule has 0 spiro atoms. The Hall–Kier alpha value is -6.08. The van der Waals surface area contributed by atoms with E-state index in [9.17, 15) is 29.4 Å². The summed E-state index contributed by atoms with van der Waals surface area (Å²) < 4.78 is 12.6. The summed E-state index contributed by atoms with van der Waals surface area (Å²) >= 11 is 6.25. The van der Waals surface area contributed by atoms with Crippen LogP contribution in [0.5, 0.6) is 0 Å². The highest BCUT2D eigenvalue weighted by Crippen LogP contribution is 2.29. The van der Waals surface area contributed by atoms with Gasteiger partial charge in [0, 0.05) is 61.2 Å². The Morgan fingerprint density at radius 3 is 1.70 bits per heavy atom. The van der Waals surface area contributed by atoms with Gasteiger partial charge in [-0.2, -0.15) is 0 Å². The van der Waals surface area contributed by atoms with E-state index in [-0.39, 0.29) is 24.6 Å². The molecule has 2 aliphatic rings. The summed E-state index contributed by atoms with van der Waals surface area (Å²) in [5, 5.41) is 23.5. The molecule has 2 N–H and O–H groups in total. The number of carbonyl (C=O) groups excluding carboxylic acids is 4. The van der Waals surface area contributed by atoms with Crippen molar-refractivity contribution in [2.45, 2.75) is 37.9 Å². The molecule has 6 heterocycles. The molecule has 8 rings (SSSR count). The van der Waals surface area contributed by atoms with Gasteiger partial charge in [0.1, 0.15) is 0 Å². The third-order valence-electron chi connectivity index (χ3n) is 9.42. The normalized spacial score (nSPS) is 18.1. The second-order valence-electron chi connectivity index (χ2n) is 13.7. The van der Waals surface area contributed by atoms with E-state index in [1.54, 1.807) is 46.1 Å². The number of likely N-dealkylation sites (tertiary alicyclic amines) is 2. The number of hydrogen-bond acceptors (Lipinski definition) is 14. The average Bonchev–Trinajstić information content (AvgIpc) is 4.06. The fourth-order valence-electron chi connectivity index (χ4n) is 6.16. The first-order valence-corrected chi connectivity index (χ1v) is 21.4. The summed E-state index contributed by atoms with van der Waals surface area (Å²) in [5.74, 6) is 6.91. The molecule has 2 atom stereocenters. The number of ether oxygens (including phenoxy) is 2. The van der Waals surface area contributed by atoms with Crippen molar-refractivity contribution in [2.75, 3.05) is 40.4 Å². The van der Waals surface area contributed by atoms with Crippen molar-refractivity contribution < 1.29 is 38.9 Å². The van der Waals surface area contributed by atoms with Crippen LogP contribution in [0.15, 0.2) is 75.9 Å². The lowest BCUT2D eigenvalue weighted by Crippen LogP contribution is -2.37. The van der Waals surface area contributed by atoms with Gasteiger partial charge in [-0.05, 0) is 61.0 Å². The molecule has 14 nitrogen and oxygen atoms in total. The number of amides is 2. The summed E-state index contributed by atoms with van der Waals surface area (Å²) in [5.41, 5.74) is 0.929. The van der Waals surface area contributed by atoms with E-state index in [0.717, 1.165) is 20.3 Å². The topological polar surface area (TPSA) is 185 Å². The van der Waals surface area contributed by atoms with E-state index >= 15 is 0 Å². The van der Waals surface area contributed by atoms with E-state index < -0.39 is 29.0 Å². The quantitative estimate of drug-likeness (QED) is 0.147. The lowest BCUT2D eigenvalue weighted by molar-refractivity contribution is -0.138. The molecule has 2 aromatic carbocycles. The molecule has 4 aromatic heterocycles. The van der Waals surface area contributed by atoms with Crippen LogP contribution in [0.4, 0.5) is 0 Å². The highest BCUT2D eigenvalue weighted by Gasteiger charge is 2.43. The molecule has 0 unspecified atom stereocenters. The number of likely N-dealkylation sites (N-methyl/N-ethyl adjacent to an activating group) is 2. The van der Waals surface area contributed by atoms with Crippen molar-refractivity contribution >= 4 is 82.8 Å². The number of esters is 2. The number of benzene rings is 2. The van der Waals surface area contributed by atoms with Gasteiger partial charge in [-0.3, -0.25) is 9.59 Å². The van der Waals surface area contributed by atoms with Crippen LogP contribution in [0.2, 0.25) is 0 Å². The lowest BCUT2D eigenvalue weighted by Gasteiger charge is -2.13. The Morgan fingerprint density at radius 2 is 1.26 bits per heavy atom. The number of rotatable bonds is 6. The molecule has 2 saturated heterocycles. The smallest absolute Gasteiger partial charge is 0.358 e. The van der Waals surface area contributed by atoms with Crippen LogP contribution in [0.25, 0.3) is 43.2 Å². The summed E-state index contributed by atoms with van der Waals surface area (Å²) in [6.07, 6.45) is 5.59. The maximum absolute atomic E-state index is 12.4. The number of nitrogens with zero attached hydrogens (tertiary/aromatic N) is 6. The second-order valence-corrected chi connectivity index (χ2v) is 16.4. The number of aromatic nitrogens is 4. The molecule has 0 aliphatic carbocycles. The van der Waals surface area contributed by atoms with E-state index in [4.69, 9.17) is 15.9 Å². The number of aliphatic hydroxyl groups is 2. The minimum atomic E-state index is -1.66. The molecular formula is C44H39BrN6O8S2. The summed E-state index contributed by atoms with van der Waals surface area (Å²) in [7, 11) is 3.26. The van der Waals surface area contributed by atoms with Gasteiger partial charge in [0.05, 0.1) is 33.6 Å². The zero-order valence-electron chi connectivity index (χ0n) is 33.5. The molecule has 0 bridgehead atoms. The third-order valence-corrected chi connectivity index (χ3v) is 11.7. The molecule has 312 valence electrons. The van der Waals surface area contributed by atoms with Crippen molar-refractivity contribution in [2.24, 2.45) is 0 Å². The fraction of sp³-hybridized carbons (Fsp3) is 0.273. The van der Waals surface area contributed by atoms with Crippen LogP contribution in [-0.4, -0.2) is 115 Å². The zero-order valence-corrected chi connectivity index (χ0v) is 36.7. The van der Waals surface area contributed by atoms with Gasteiger partial charge in [-0.15, -0.1) is 29.1 Å². The Balaban J connectivity index is 0.000000173. The van der Waals surface area contributed by atoms with Crippen LogP contribution in [0.1, 0.15) is 53.2 Å². The number of terminal acetylenes is 1. The standard InChI is InChI=1S/C22H19N3O4S.C15H11BrN2O2S.C7H9NO2/c1-3-29-20(26)17-18-16(8-12-30-18)23-19(24-17)15-6-4-5-14(13-15)7-9-22(28)10-11-25(2)21(22)27;1-2-20-15(19)12-13-11(6-7-21-13)17-14(18-12)9-4-3-5-10(16)8-9;1-3-7(10)4-5-8(2)6(7)9/h4-6,8,12-13,28H,3,10-11H2,1-2H3;3-8H,2H2,1H3;1,10H,4-5H2,2H3/t22-;;7-/m0.0/s1. The first-order valence-electron chi connectivity index (χ1n) is 18.9. The second kappa shape index (κ2) is 19.1. The van der Waals surface area contributed by atoms with Gasteiger partial charge in [-0.1, -0.05) is 58.0 Å². The Bertz CT molecular complexity index is 2760. The maximum Gasteiger partial charge on any atom is 0.358 e. The van der Waals surface area contributed by atoms with Crippen molar-refractivity contribution in [3.05, 3.63) is 92.8 Å². The molecule has 17 heteroatoms. The third kappa shape index (κ3) is 9.94. The Kier molecular flexibility index (Phi) is 13.9. The van der Waals surface area contributed by atoms with Crippen LogP contribution in [-0.2, 0) is 19.1 Å². The molecule has 2 aliphatic heterocycles. The van der Waals surface area contributed by atoms with Gasteiger partial charge >= 0.3 is 11.9 Å². The van der Waals surface area contributed by atoms with Crippen LogP contribution in [0, 0.1) is 24.2 Å². The SMILES string of the molecule is C#C[C@]1(O)CCN(C)C1=O.CCOC(=O)c1nc(-c2cccc(Br)c2)nc2ccsc12.CCOC(=O)c1nc(-c2cccc(C#C[C@]3(O)CCN(C)C3=O)c2)nc2ccsc12. The molecule has 2 amide bonds.